The molecule has 0 spiro atoms. The van der Waals surface area contributed by atoms with Gasteiger partial charge in [-0.25, -0.2) is 4.79 Å². The molecule has 0 saturated carbocycles. The van der Waals surface area contributed by atoms with E-state index in [1.807, 2.05) is 48.5 Å². The second-order valence-electron chi connectivity index (χ2n) is 6.17. The van der Waals surface area contributed by atoms with E-state index in [4.69, 9.17) is 0 Å². The Kier molecular flexibility index (Phi) is 4.63. The maximum atomic E-state index is 12.6. The number of aliphatic carboxylic acids is 1. The van der Waals surface area contributed by atoms with Crippen LogP contribution in [0.4, 0.5) is 0 Å². The number of H-pyrrole nitrogens is 1. The smallest absolute Gasteiger partial charge is 0.329 e. The molecule has 0 bridgehead atoms. The summed E-state index contributed by atoms with van der Waals surface area (Å²) in [6, 6.07) is 16.6. The van der Waals surface area contributed by atoms with Crippen LogP contribution < -0.4 is 5.32 Å². The molecule has 2 aromatic carbocycles. The zero-order valence-corrected chi connectivity index (χ0v) is 15.1. The molecule has 6 heteroatoms. The molecule has 0 aliphatic rings. The molecule has 0 aliphatic heterocycles. The fourth-order valence-corrected chi connectivity index (χ4v) is 3.10. The first-order valence-corrected chi connectivity index (χ1v) is 8.55. The molecule has 3 rings (SSSR count). The first-order chi connectivity index (χ1) is 11.9. The number of hydrogen-bond donors (Lipinski definition) is 3. The van der Waals surface area contributed by atoms with Gasteiger partial charge in [0.15, 0.2) is 0 Å². The number of hydrogen-bond acceptors (Lipinski definition) is 2. The Labute approximate surface area is 153 Å². The predicted molar refractivity (Wildman–Crippen MR) is 99.7 cm³/mol. The average Bonchev–Trinajstić information content (AvgIpc) is 2.98. The van der Waals surface area contributed by atoms with E-state index in [0.29, 0.717) is 5.69 Å². The Morgan fingerprint density at radius 3 is 2.56 bits per heavy atom. The van der Waals surface area contributed by atoms with E-state index in [2.05, 4.69) is 26.2 Å². The van der Waals surface area contributed by atoms with Gasteiger partial charge >= 0.3 is 5.97 Å². The number of nitrogens with one attached hydrogen (secondary N) is 2. The third kappa shape index (κ3) is 3.74. The van der Waals surface area contributed by atoms with Crippen LogP contribution in [0.5, 0.6) is 0 Å². The SMILES string of the molecule is C[C@](Cc1ccccc1)(NC(=O)c1cc2cc(Br)ccc2[nH]1)C(=O)O. The van der Waals surface area contributed by atoms with Crippen LogP contribution in [-0.2, 0) is 11.2 Å². The van der Waals surface area contributed by atoms with Gasteiger partial charge in [-0.3, -0.25) is 4.79 Å². The Hall–Kier alpha value is -2.60. The van der Waals surface area contributed by atoms with Gasteiger partial charge in [0.1, 0.15) is 11.2 Å². The van der Waals surface area contributed by atoms with Crippen molar-refractivity contribution in [3.63, 3.8) is 0 Å². The molecule has 1 atom stereocenters. The molecule has 1 amide bonds. The number of halogens is 1. The van der Waals surface area contributed by atoms with Crippen molar-refractivity contribution in [3.05, 3.63) is 70.3 Å². The molecule has 3 aromatic rings. The summed E-state index contributed by atoms with van der Waals surface area (Å²) in [6.07, 6.45) is 0.195. The molecule has 25 heavy (non-hydrogen) atoms. The van der Waals surface area contributed by atoms with Crippen molar-refractivity contribution >= 4 is 38.7 Å². The highest BCUT2D eigenvalue weighted by molar-refractivity contribution is 9.10. The van der Waals surface area contributed by atoms with E-state index in [9.17, 15) is 14.7 Å². The summed E-state index contributed by atoms with van der Waals surface area (Å²) in [4.78, 5) is 27.4. The maximum Gasteiger partial charge on any atom is 0.329 e. The topological polar surface area (TPSA) is 82.2 Å². The van der Waals surface area contributed by atoms with Crippen molar-refractivity contribution in [2.75, 3.05) is 0 Å². The van der Waals surface area contributed by atoms with E-state index in [1.165, 1.54) is 6.92 Å². The highest BCUT2D eigenvalue weighted by atomic mass is 79.9. The lowest BCUT2D eigenvalue weighted by atomic mass is 9.92. The van der Waals surface area contributed by atoms with Crippen LogP contribution >= 0.6 is 15.9 Å². The molecule has 3 N–H and O–H groups in total. The van der Waals surface area contributed by atoms with Crippen LogP contribution in [0.3, 0.4) is 0 Å². The highest BCUT2D eigenvalue weighted by Gasteiger charge is 2.35. The number of carbonyl (C=O) groups is 2. The monoisotopic (exact) mass is 400 g/mol. The van der Waals surface area contributed by atoms with Crippen LogP contribution in [0.1, 0.15) is 23.0 Å². The fourth-order valence-electron chi connectivity index (χ4n) is 2.72. The van der Waals surface area contributed by atoms with Crippen molar-refractivity contribution in [1.29, 1.82) is 0 Å². The lowest BCUT2D eigenvalue weighted by Crippen LogP contribution is -2.53. The normalized spacial score (nSPS) is 13.4. The number of rotatable bonds is 5. The van der Waals surface area contributed by atoms with Gasteiger partial charge in [-0.1, -0.05) is 46.3 Å². The number of carbonyl (C=O) groups excluding carboxylic acids is 1. The van der Waals surface area contributed by atoms with Gasteiger partial charge < -0.3 is 15.4 Å². The van der Waals surface area contributed by atoms with Crippen molar-refractivity contribution in [3.8, 4) is 0 Å². The molecule has 5 nitrogen and oxygen atoms in total. The van der Waals surface area contributed by atoms with Crippen molar-refractivity contribution in [1.82, 2.24) is 10.3 Å². The highest BCUT2D eigenvalue weighted by Crippen LogP contribution is 2.21. The zero-order chi connectivity index (χ0) is 18.0. The van der Waals surface area contributed by atoms with Gasteiger partial charge in [0.2, 0.25) is 0 Å². The molecule has 128 valence electrons. The minimum Gasteiger partial charge on any atom is -0.480 e. The van der Waals surface area contributed by atoms with Crippen molar-refractivity contribution < 1.29 is 14.7 Å². The fraction of sp³-hybridized carbons (Fsp3) is 0.158. The summed E-state index contributed by atoms with van der Waals surface area (Å²) in [5.74, 6) is -1.53. The first-order valence-electron chi connectivity index (χ1n) is 7.75. The van der Waals surface area contributed by atoms with Gasteiger partial charge in [-0.05, 0) is 36.8 Å². The Morgan fingerprint density at radius 1 is 1.16 bits per heavy atom. The van der Waals surface area contributed by atoms with E-state index in [-0.39, 0.29) is 6.42 Å². The Balaban J connectivity index is 1.85. The maximum absolute atomic E-state index is 12.6. The number of aromatic nitrogens is 1. The largest absolute Gasteiger partial charge is 0.480 e. The first kappa shape index (κ1) is 17.2. The average molecular weight is 401 g/mol. The second kappa shape index (κ2) is 6.72. The standard InChI is InChI=1S/C19H17BrN2O3/c1-19(18(24)25,11-12-5-3-2-4-6-12)22-17(23)16-10-13-9-14(20)7-8-15(13)21-16/h2-10,21H,11H2,1H3,(H,22,23)(H,24,25)/t19-/m1/s1. The number of carboxylic acids is 1. The van der Waals surface area contributed by atoms with Crippen LogP contribution in [-0.4, -0.2) is 27.5 Å². The van der Waals surface area contributed by atoms with Crippen LogP contribution in [0.25, 0.3) is 10.9 Å². The van der Waals surface area contributed by atoms with Crippen molar-refractivity contribution in [2.45, 2.75) is 18.9 Å². The van der Waals surface area contributed by atoms with E-state index in [1.54, 1.807) is 6.07 Å². The second-order valence-corrected chi connectivity index (χ2v) is 7.08. The third-order valence-corrected chi connectivity index (χ3v) is 4.58. The van der Waals surface area contributed by atoms with E-state index < -0.39 is 17.4 Å². The number of fused-ring (bicyclic) bond motifs is 1. The van der Waals surface area contributed by atoms with Crippen LogP contribution in [0.15, 0.2) is 59.1 Å². The molecule has 0 saturated heterocycles. The molecule has 1 heterocycles. The number of carboxylic acid groups (broad SMARTS) is 1. The van der Waals surface area contributed by atoms with Gasteiger partial charge in [-0.15, -0.1) is 0 Å². The summed E-state index contributed by atoms with van der Waals surface area (Å²) in [5.41, 5.74) is 0.575. The summed E-state index contributed by atoms with van der Waals surface area (Å²) >= 11 is 3.39. The Morgan fingerprint density at radius 2 is 1.88 bits per heavy atom. The van der Waals surface area contributed by atoms with Crippen molar-refractivity contribution in [2.24, 2.45) is 0 Å². The minimum absolute atomic E-state index is 0.195. The molecule has 0 fully saturated rings. The van der Waals surface area contributed by atoms with E-state index >= 15 is 0 Å². The molecule has 1 aromatic heterocycles. The summed E-state index contributed by atoms with van der Waals surface area (Å²) in [5, 5.41) is 13.2. The molecular weight excluding hydrogens is 384 g/mol. The minimum atomic E-state index is -1.41. The Bertz CT molecular complexity index is 936. The summed E-state index contributed by atoms with van der Waals surface area (Å²) in [7, 11) is 0. The molecule has 0 aliphatic carbocycles. The van der Waals surface area contributed by atoms with Gasteiger partial charge in [0.25, 0.3) is 5.91 Å². The quantitative estimate of drug-likeness (QED) is 0.609. The predicted octanol–water partition coefficient (Wildman–Crippen LogP) is 3.75. The lowest BCUT2D eigenvalue weighted by molar-refractivity contribution is -0.143. The van der Waals surface area contributed by atoms with Gasteiger partial charge in [0, 0.05) is 21.8 Å². The third-order valence-electron chi connectivity index (χ3n) is 4.09. The number of amides is 1. The van der Waals surface area contributed by atoms with Gasteiger partial charge in [0.05, 0.1) is 0 Å². The molecular formula is C19H17BrN2O3. The van der Waals surface area contributed by atoms with E-state index in [0.717, 1.165) is 20.9 Å². The zero-order valence-electron chi connectivity index (χ0n) is 13.5. The summed E-state index contributed by atoms with van der Waals surface area (Å²) in [6.45, 7) is 1.51. The summed E-state index contributed by atoms with van der Waals surface area (Å²) < 4.78 is 0.908. The molecule has 0 radical (unpaired) electrons. The molecule has 0 unspecified atom stereocenters. The lowest BCUT2D eigenvalue weighted by Gasteiger charge is -2.26. The van der Waals surface area contributed by atoms with Crippen LogP contribution in [0.2, 0.25) is 0 Å². The number of aromatic amines is 1. The number of benzene rings is 2. The van der Waals surface area contributed by atoms with Crippen LogP contribution in [0, 0.1) is 0 Å². The van der Waals surface area contributed by atoms with Gasteiger partial charge in [-0.2, -0.15) is 0 Å².